The van der Waals surface area contributed by atoms with E-state index in [-0.39, 0.29) is 0 Å². The Kier molecular flexibility index (Phi) is 8.82. The van der Waals surface area contributed by atoms with Gasteiger partial charge in [0.05, 0.1) is 5.69 Å². The van der Waals surface area contributed by atoms with Crippen molar-refractivity contribution < 1.29 is 0 Å². The normalized spacial score (nSPS) is 11.8. The molecule has 0 fully saturated rings. The lowest BCUT2D eigenvalue weighted by Crippen LogP contribution is -2.14. The number of thioether (sulfide) groups is 1. The van der Waals surface area contributed by atoms with E-state index in [0.717, 1.165) is 31.2 Å². The number of aromatic nitrogens is 1. The molecule has 116 valence electrons. The van der Waals surface area contributed by atoms with E-state index in [4.69, 9.17) is 4.98 Å². The maximum atomic E-state index is 4.88. The van der Waals surface area contributed by atoms with Crippen molar-refractivity contribution in [3.8, 4) is 0 Å². The van der Waals surface area contributed by atoms with Crippen molar-refractivity contribution in [3.05, 3.63) is 15.6 Å². The first kappa shape index (κ1) is 18.0. The second-order valence-electron chi connectivity index (χ2n) is 6.16. The first-order valence-electron chi connectivity index (χ1n) is 7.78. The molecule has 0 saturated carbocycles. The quantitative estimate of drug-likeness (QED) is 0.632. The van der Waals surface area contributed by atoms with E-state index in [0.29, 0.717) is 5.92 Å². The van der Waals surface area contributed by atoms with Crippen molar-refractivity contribution in [2.45, 2.75) is 59.8 Å². The molecule has 0 spiro atoms. The molecule has 0 aliphatic rings. The van der Waals surface area contributed by atoms with Gasteiger partial charge in [0.1, 0.15) is 5.01 Å². The molecule has 4 heteroatoms. The van der Waals surface area contributed by atoms with Crippen LogP contribution in [0.5, 0.6) is 0 Å². The van der Waals surface area contributed by atoms with Gasteiger partial charge in [-0.1, -0.05) is 34.6 Å². The molecule has 1 aromatic rings. The van der Waals surface area contributed by atoms with Gasteiger partial charge in [-0.15, -0.1) is 11.3 Å². The van der Waals surface area contributed by atoms with E-state index < -0.39 is 0 Å². The summed E-state index contributed by atoms with van der Waals surface area (Å²) in [5.74, 6) is 3.74. The molecule has 0 aromatic carbocycles. The van der Waals surface area contributed by atoms with Crippen LogP contribution in [-0.2, 0) is 18.7 Å². The van der Waals surface area contributed by atoms with Crippen molar-refractivity contribution in [2.24, 2.45) is 11.8 Å². The van der Waals surface area contributed by atoms with Gasteiger partial charge in [-0.25, -0.2) is 4.98 Å². The van der Waals surface area contributed by atoms with Crippen LogP contribution in [0.1, 0.15) is 56.6 Å². The van der Waals surface area contributed by atoms with Crippen LogP contribution < -0.4 is 5.32 Å². The fourth-order valence-electron chi connectivity index (χ4n) is 1.94. The Hall–Kier alpha value is -0.0600. The Balaban J connectivity index is 2.61. The van der Waals surface area contributed by atoms with Gasteiger partial charge in [0.15, 0.2) is 0 Å². The molecular formula is C16H30N2S2. The summed E-state index contributed by atoms with van der Waals surface area (Å²) in [6, 6.07) is 0. The molecule has 1 aromatic heterocycles. The van der Waals surface area contributed by atoms with E-state index in [9.17, 15) is 0 Å². The van der Waals surface area contributed by atoms with Crippen LogP contribution in [0.15, 0.2) is 0 Å². The molecule has 0 bridgehead atoms. The smallest absolute Gasteiger partial charge is 0.103 e. The number of rotatable bonds is 10. The predicted molar refractivity (Wildman–Crippen MR) is 93.7 cm³/mol. The van der Waals surface area contributed by atoms with E-state index in [1.807, 2.05) is 23.1 Å². The number of nitrogens with zero attached hydrogens (tertiary/aromatic N) is 1. The fourth-order valence-corrected chi connectivity index (χ4v) is 4.12. The Morgan fingerprint density at radius 1 is 1.20 bits per heavy atom. The Morgan fingerprint density at radius 2 is 1.95 bits per heavy atom. The van der Waals surface area contributed by atoms with Gasteiger partial charge >= 0.3 is 0 Å². The number of hydrogen-bond acceptors (Lipinski definition) is 4. The minimum Gasteiger partial charge on any atom is -0.312 e. The van der Waals surface area contributed by atoms with Gasteiger partial charge < -0.3 is 5.32 Å². The summed E-state index contributed by atoms with van der Waals surface area (Å²) in [5, 5.41) is 4.82. The van der Waals surface area contributed by atoms with E-state index >= 15 is 0 Å². The van der Waals surface area contributed by atoms with Gasteiger partial charge in [-0.3, -0.25) is 0 Å². The Bertz CT molecular complexity index is 373. The van der Waals surface area contributed by atoms with Crippen molar-refractivity contribution >= 4 is 23.1 Å². The fraction of sp³-hybridized carbons (Fsp3) is 0.812. The molecule has 0 aliphatic carbocycles. The highest BCUT2D eigenvalue weighted by Gasteiger charge is 2.12. The van der Waals surface area contributed by atoms with Crippen LogP contribution in [0, 0.1) is 11.8 Å². The molecule has 1 heterocycles. The third-order valence-corrected chi connectivity index (χ3v) is 5.47. The molecule has 0 atom stereocenters. The lowest BCUT2D eigenvalue weighted by Gasteiger charge is -2.05. The first-order valence-corrected chi connectivity index (χ1v) is 9.75. The average molecular weight is 315 g/mol. The van der Waals surface area contributed by atoms with Crippen molar-refractivity contribution in [1.29, 1.82) is 0 Å². The van der Waals surface area contributed by atoms with Crippen molar-refractivity contribution in [1.82, 2.24) is 10.3 Å². The molecule has 0 radical (unpaired) electrons. The molecule has 0 aliphatic heterocycles. The van der Waals surface area contributed by atoms with E-state index in [2.05, 4.69) is 39.9 Å². The van der Waals surface area contributed by atoms with Crippen LogP contribution in [0.4, 0.5) is 0 Å². The zero-order chi connectivity index (χ0) is 15.0. The average Bonchev–Trinajstić information content (AvgIpc) is 2.71. The number of hydrogen-bond donors (Lipinski definition) is 1. The molecule has 0 amide bonds. The van der Waals surface area contributed by atoms with E-state index in [1.54, 1.807) is 0 Å². The van der Waals surface area contributed by atoms with Crippen molar-refractivity contribution in [3.63, 3.8) is 0 Å². The minimum absolute atomic E-state index is 0.679. The third-order valence-electron chi connectivity index (χ3n) is 2.81. The second kappa shape index (κ2) is 9.80. The van der Waals surface area contributed by atoms with Gasteiger partial charge in [-0.2, -0.15) is 11.8 Å². The summed E-state index contributed by atoms with van der Waals surface area (Å²) in [4.78, 5) is 6.33. The molecule has 20 heavy (non-hydrogen) atoms. The second-order valence-corrected chi connectivity index (χ2v) is 8.36. The van der Waals surface area contributed by atoms with Gasteiger partial charge in [0.25, 0.3) is 0 Å². The lowest BCUT2D eigenvalue weighted by atomic mass is 10.1. The molecule has 0 saturated heterocycles. The number of thiazole rings is 1. The van der Waals surface area contributed by atoms with Gasteiger partial charge in [-0.05, 0) is 37.0 Å². The first-order chi connectivity index (χ1) is 9.52. The van der Waals surface area contributed by atoms with E-state index in [1.165, 1.54) is 27.8 Å². The largest absolute Gasteiger partial charge is 0.312 e. The zero-order valence-electron chi connectivity index (χ0n) is 13.7. The SMILES string of the molecule is CCCNCc1sc(CSCC(C)C)nc1CC(C)C. The third kappa shape index (κ3) is 7.09. The highest BCUT2D eigenvalue weighted by molar-refractivity contribution is 7.98. The maximum Gasteiger partial charge on any atom is 0.103 e. The molecule has 1 rings (SSSR count). The number of nitrogens with one attached hydrogen (secondary N) is 1. The molecule has 2 nitrogen and oxygen atoms in total. The van der Waals surface area contributed by atoms with Crippen LogP contribution in [0.25, 0.3) is 0 Å². The van der Waals surface area contributed by atoms with Crippen LogP contribution in [0.2, 0.25) is 0 Å². The summed E-state index contributed by atoms with van der Waals surface area (Å²) in [6.45, 7) is 13.4. The summed E-state index contributed by atoms with van der Waals surface area (Å²) in [5.41, 5.74) is 1.33. The topological polar surface area (TPSA) is 24.9 Å². The summed E-state index contributed by atoms with van der Waals surface area (Å²) in [7, 11) is 0. The van der Waals surface area contributed by atoms with Crippen LogP contribution in [-0.4, -0.2) is 17.3 Å². The Morgan fingerprint density at radius 3 is 2.55 bits per heavy atom. The Labute approximate surface area is 133 Å². The maximum absolute atomic E-state index is 4.88. The molecule has 1 N–H and O–H groups in total. The zero-order valence-corrected chi connectivity index (χ0v) is 15.3. The standard InChI is InChI=1S/C16H30N2S2/c1-6-7-17-9-15-14(8-12(2)3)18-16(20-15)11-19-10-13(4)5/h12-13,17H,6-11H2,1-5H3. The summed E-state index contributed by atoms with van der Waals surface area (Å²) < 4.78 is 0. The van der Waals surface area contributed by atoms with Gasteiger partial charge in [0.2, 0.25) is 0 Å². The lowest BCUT2D eigenvalue weighted by molar-refractivity contribution is 0.622. The van der Waals surface area contributed by atoms with Crippen LogP contribution >= 0.6 is 23.1 Å². The molecular weight excluding hydrogens is 284 g/mol. The molecule has 0 unspecified atom stereocenters. The monoisotopic (exact) mass is 314 g/mol. The highest BCUT2D eigenvalue weighted by Crippen LogP contribution is 2.25. The van der Waals surface area contributed by atoms with Gasteiger partial charge in [0, 0.05) is 17.2 Å². The summed E-state index contributed by atoms with van der Waals surface area (Å²) in [6.07, 6.45) is 2.30. The van der Waals surface area contributed by atoms with Crippen molar-refractivity contribution in [2.75, 3.05) is 12.3 Å². The predicted octanol–water partition coefficient (Wildman–Crippen LogP) is 4.73. The minimum atomic E-state index is 0.679. The summed E-state index contributed by atoms with van der Waals surface area (Å²) >= 11 is 3.92. The van der Waals surface area contributed by atoms with Crippen LogP contribution in [0.3, 0.4) is 0 Å². The highest BCUT2D eigenvalue weighted by atomic mass is 32.2.